The zero-order valence-electron chi connectivity index (χ0n) is 9.64. The van der Waals surface area contributed by atoms with Crippen molar-refractivity contribution in [1.82, 2.24) is 5.32 Å². The van der Waals surface area contributed by atoms with E-state index in [1.54, 1.807) is 6.92 Å². The van der Waals surface area contributed by atoms with Crippen LogP contribution < -0.4 is 5.32 Å². The SMILES string of the molecule is Cc1ccc(C(=O)NCC(C)O)cc1[N+](=O)[O-]. The van der Waals surface area contributed by atoms with E-state index < -0.39 is 16.9 Å². The van der Waals surface area contributed by atoms with Crippen molar-refractivity contribution >= 4 is 11.6 Å². The first-order chi connectivity index (χ1) is 7.91. The van der Waals surface area contributed by atoms with E-state index in [1.165, 1.54) is 25.1 Å². The minimum absolute atomic E-state index is 0.0882. The third kappa shape index (κ3) is 3.53. The number of benzene rings is 1. The molecule has 1 rings (SSSR count). The Bertz CT molecular complexity index is 443. The number of aliphatic hydroxyl groups is 1. The minimum Gasteiger partial charge on any atom is -0.392 e. The van der Waals surface area contributed by atoms with E-state index >= 15 is 0 Å². The van der Waals surface area contributed by atoms with Gasteiger partial charge >= 0.3 is 0 Å². The number of carbonyl (C=O) groups excluding carboxylic acids is 1. The molecule has 0 saturated heterocycles. The molecule has 1 aromatic carbocycles. The Morgan fingerprint density at radius 1 is 1.59 bits per heavy atom. The summed E-state index contributed by atoms with van der Waals surface area (Å²) >= 11 is 0. The topological polar surface area (TPSA) is 92.5 Å². The molecule has 1 unspecified atom stereocenters. The number of hydrogen-bond donors (Lipinski definition) is 2. The van der Waals surface area contributed by atoms with E-state index in [2.05, 4.69) is 5.32 Å². The van der Waals surface area contributed by atoms with Crippen molar-refractivity contribution in [2.75, 3.05) is 6.54 Å². The lowest BCUT2D eigenvalue weighted by atomic mass is 10.1. The van der Waals surface area contributed by atoms with Crippen LogP contribution in [0.3, 0.4) is 0 Å². The fourth-order valence-electron chi connectivity index (χ4n) is 1.29. The van der Waals surface area contributed by atoms with Crippen LogP contribution in [0.5, 0.6) is 0 Å². The van der Waals surface area contributed by atoms with Crippen molar-refractivity contribution in [3.05, 3.63) is 39.4 Å². The maximum atomic E-state index is 11.6. The first-order valence-electron chi connectivity index (χ1n) is 5.13. The van der Waals surface area contributed by atoms with E-state index in [1.807, 2.05) is 0 Å². The van der Waals surface area contributed by atoms with E-state index in [0.29, 0.717) is 5.56 Å². The molecule has 0 radical (unpaired) electrons. The molecule has 92 valence electrons. The van der Waals surface area contributed by atoms with Gasteiger partial charge in [-0.3, -0.25) is 14.9 Å². The van der Waals surface area contributed by atoms with E-state index in [4.69, 9.17) is 5.11 Å². The molecule has 6 heteroatoms. The molecule has 0 aliphatic rings. The van der Waals surface area contributed by atoms with Crippen LogP contribution in [0.25, 0.3) is 0 Å². The van der Waals surface area contributed by atoms with Crippen LogP contribution in [0.1, 0.15) is 22.8 Å². The second kappa shape index (κ2) is 5.40. The number of rotatable bonds is 4. The maximum absolute atomic E-state index is 11.6. The number of nitro groups is 1. The molecule has 1 amide bonds. The highest BCUT2D eigenvalue weighted by molar-refractivity contribution is 5.94. The van der Waals surface area contributed by atoms with Gasteiger partial charge in [-0.2, -0.15) is 0 Å². The van der Waals surface area contributed by atoms with Crippen molar-refractivity contribution in [2.45, 2.75) is 20.0 Å². The summed E-state index contributed by atoms with van der Waals surface area (Å²) in [5.74, 6) is -0.436. The van der Waals surface area contributed by atoms with Crippen molar-refractivity contribution in [3.8, 4) is 0 Å². The number of hydrogen-bond acceptors (Lipinski definition) is 4. The van der Waals surface area contributed by atoms with Crippen molar-refractivity contribution in [2.24, 2.45) is 0 Å². The first-order valence-corrected chi connectivity index (χ1v) is 5.13. The summed E-state index contributed by atoms with van der Waals surface area (Å²) in [6, 6.07) is 4.27. The normalized spacial score (nSPS) is 11.9. The summed E-state index contributed by atoms with van der Waals surface area (Å²) in [7, 11) is 0. The van der Waals surface area contributed by atoms with Gasteiger partial charge in [0.2, 0.25) is 0 Å². The molecule has 0 heterocycles. The smallest absolute Gasteiger partial charge is 0.273 e. The first kappa shape index (κ1) is 13.1. The number of nitrogens with one attached hydrogen (secondary N) is 1. The summed E-state index contributed by atoms with van der Waals surface area (Å²) in [5.41, 5.74) is 0.625. The van der Waals surface area contributed by atoms with Gasteiger partial charge < -0.3 is 10.4 Å². The summed E-state index contributed by atoms with van der Waals surface area (Å²) in [6.07, 6.45) is -0.653. The predicted octanol–water partition coefficient (Wildman–Crippen LogP) is 1.01. The second-order valence-corrected chi connectivity index (χ2v) is 3.82. The quantitative estimate of drug-likeness (QED) is 0.605. The number of nitrogens with zero attached hydrogens (tertiary/aromatic N) is 1. The Labute approximate surface area is 98.4 Å². The monoisotopic (exact) mass is 238 g/mol. The Hall–Kier alpha value is -1.95. The van der Waals surface area contributed by atoms with Gasteiger partial charge in [0, 0.05) is 23.7 Å². The fourth-order valence-corrected chi connectivity index (χ4v) is 1.29. The standard InChI is InChI=1S/C11H14N2O4/c1-7-3-4-9(5-10(7)13(16)17)11(15)12-6-8(2)14/h3-5,8,14H,6H2,1-2H3,(H,12,15). The van der Waals surface area contributed by atoms with Gasteiger partial charge in [0.25, 0.3) is 11.6 Å². The number of nitro benzene ring substituents is 1. The third-order valence-electron chi connectivity index (χ3n) is 2.23. The Morgan fingerprint density at radius 2 is 2.24 bits per heavy atom. The number of aliphatic hydroxyl groups excluding tert-OH is 1. The van der Waals surface area contributed by atoms with Crippen LogP contribution >= 0.6 is 0 Å². The fraction of sp³-hybridized carbons (Fsp3) is 0.364. The van der Waals surface area contributed by atoms with Gasteiger partial charge in [0.05, 0.1) is 11.0 Å². The van der Waals surface area contributed by atoms with E-state index in [0.717, 1.165) is 0 Å². The zero-order chi connectivity index (χ0) is 13.0. The van der Waals surface area contributed by atoms with Gasteiger partial charge in [-0.1, -0.05) is 6.07 Å². The summed E-state index contributed by atoms with van der Waals surface area (Å²) < 4.78 is 0. The summed E-state index contributed by atoms with van der Waals surface area (Å²) in [5, 5.41) is 22.2. The largest absolute Gasteiger partial charge is 0.392 e. The van der Waals surface area contributed by atoms with Crippen molar-refractivity contribution in [3.63, 3.8) is 0 Å². The van der Waals surface area contributed by atoms with Gasteiger partial charge in [-0.05, 0) is 19.9 Å². The molecular weight excluding hydrogens is 224 g/mol. The molecule has 0 fully saturated rings. The predicted molar refractivity (Wildman–Crippen MR) is 61.8 cm³/mol. The number of carbonyl (C=O) groups is 1. The lowest BCUT2D eigenvalue weighted by Gasteiger charge is -2.07. The number of aryl methyl sites for hydroxylation is 1. The highest BCUT2D eigenvalue weighted by atomic mass is 16.6. The zero-order valence-corrected chi connectivity index (χ0v) is 9.64. The van der Waals surface area contributed by atoms with Crippen LogP contribution in [-0.4, -0.2) is 28.6 Å². The summed E-state index contributed by atoms with van der Waals surface area (Å²) in [6.45, 7) is 3.26. The van der Waals surface area contributed by atoms with Crippen LogP contribution in [0.2, 0.25) is 0 Å². The number of amides is 1. The van der Waals surface area contributed by atoms with Gasteiger partial charge in [0.1, 0.15) is 0 Å². The molecule has 1 aromatic rings. The molecule has 0 aliphatic heterocycles. The Morgan fingerprint density at radius 3 is 2.76 bits per heavy atom. The molecule has 6 nitrogen and oxygen atoms in total. The average molecular weight is 238 g/mol. The minimum atomic E-state index is -0.653. The van der Waals surface area contributed by atoms with Crippen LogP contribution in [0.4, 0.5) is 5.69 Å². The van der Waals surface area contributed by atoms with Gasteiger partial charge in [0.15, 0.2) is 0 Å². The second-order valence-electron chi connectivity index (χ2n) is 3.82. The van der Waals surface area contributed by atoms with Crippen molar-refractivity contribution in [1.29, 1.82) is 0 Å². The Balaban J connectivity index is 2.88. The molecular formula is C11H14N2O4. The molecule has 0 aromatic heterocycles. The molecule has 0 spiro atoms. The van der Waals surface area contributed by atoms with E-state index in [-0.39, 0.29) is 17.8 Å². The lowest BCUT2D eigenvalue weighted by Crippen LogP contribution is -2.30. The Kier molecular flexibility index (Phi) is 4.17. The average Bonchev–Trinajstić information content (AvgIpc) is 2.26. The van der Waals surface area contributed by atoms with Crippen LogP contribution in [0, 0.1) is 17.0 Å². The molecule has 0 bridgehead atoms. The van der Waals surface area contributed by atoms with Crippen LogP contribution in [-0.2, 0) is 0 Å². The maximum Gasteiger partial charge on any atom is 0.273 e. The highest BCUT2D eigenvalue weighted by Crippen LogP contribution is 2.19. The van der Waals surface area contributed by atoms with Crippen LogP contribution in [0.15, 0.2) is 18.2 Å². The molecule has 17 heavy (non-hydrogen) atoms. The van der Waals surface area contributed by atoms with E-state index in [9.17, 15) is 14.9 Å². The molecule has 0 aliphatic carbocycles. The summed E-state index contributed by atoms with van der Waals surface area (Å²) in [4.78, 5) is 21.8. The molecule has 0 saturated carbocycles. The lowest BCUT2D eigenvalue weighted by molar-refractivity contribution is -0.385. The molecule has 2 N–H and O–H groups in total. The van der Waals surface area contributed by atoms with Crippen molar-refractivity contribution < 1.29 is 14.8 Å². The highest BCUT2D eigenvalue weighted by Gasteiger charge is 2.14. The van der Waals surface area contributed by atoms with Gasteiger partial charge in [-0.15, -0.1) is 0 Å². The van der Waals surface area contributed by atoms with Gasteiger partial charge in [-0.25, -0.2) is 0 Å². The third-order valence-corrected chi connectivity index (χ3v) is 2.23. The molecule has 1 atom stereocenters.